The van der Waals surface area contributed by atoms with Crippen LogP contribution in [0.25, 0.3) is 11.1 Å². The number of fused-ring (bicyclic) bond motifs is 3. The van der Waals surface area contributed by atoms with Crippen LogP contribution >= 0.6 is 0 Å². The summed E-state index contributed by atoms with van der Waals surface area (Å²) in [6.45, 7) is 8.60. The van der Waals surface area contributed by atoms with E-state index in [9.17, 15) is 4.79 Å². The zero-order chi connectivity index (χ0) is 25.8. The molecule has 2 aliphatic rings. The molecule has 5 nitrogen and oxygen atoms in total. The average molecular weight is 483 g/mol. The Hall–Kier alpha value is -3.60. The minimum absolute atomic E-state index is 0.000118. The molecule has 186 valence electrons. The van der Waals surface area contributed by atoms with Gasteiger partial charge in [0, 0.05) is 42.8 Å². The Kier molecular flexibility index (Phi) is 5.70. The normalized spacial score (nSPS) is 16.9. The molecule has 1 amide bonds. The van der Waals surface area contributed by atoms with Gasteiger partial charge in [-0.2, -0.15) is 0 Å². The molecule has 0 spiro atoms. The predicted molar refractivity (Wildman–Crippen MR) is 145 cm³/mol. The van der Waals surface area contributed by atoms with E-state index in [1.54, 1.807) is 26.1 Å². The monoisotopic (exact) mass is 482 g/mol. The van der Waals surface area contributed by atoms with Crippen molar-refractivity contribution in [3.8, 4) is 22.6 Å². The molecule has 0 fully saturated rings. The molecule has 3 aromatic rings. The number of carbonyl (C=O) groups is 1. The van der Waals surface area contributed by atoms with Gasteiger partial charge < -0.3 is 14.4 Å². The number of amides is 1. The van der Waals surface area contributed by atoms with E-state index in [-0.39, 0.29) is 17.0 Å². The fraction of sp³-hybridized carbons (Fsp3) is 0.355. The smallest absolute Gasteiger partial charge is 0.253 e. The fourth-order valence-corrected chi connectivity index (χ4v) is 5.34. The van der Waals surface area contributed by atoms with Crippen molar-refractivity contribution in [2.24, 2.45) is 4.99 Å². The van der Waals surface area contributed by atoms with Crippen LogP contribution in [-0.4, -0.2) is 48.9 Å². The number of nitrogens with zero attached hydrogens (tertiary/aromatic N) is 2. The molecule has 5 rings (SSSR count). The lowest BCUT2D eigenvalue weighted by molar-refractivity contribution is 0.0827. The van der Waals surface area contributed by atoms with Crippen molar-refractivity contribution < 1.29 is 14.3 Å². The third kappa shape index (κ3) is 4.27. The molecule has 2 aliphatic heterocycles. The number of carbonyl (C=O) groups excluding carboxylic acids is 1. The van der Waals surface area contributed by atoms with E-state index < -0.39 is 0 Å². The summed E-state index contributed by atoms with van der Waals surface area (Å²) < 4.78 is 12.1. The molecule has 0 N–H and O–H groups in total. The van der Waals surface area contributed by atoms with E-state index >= 15 is 0 Å². The van der Waals surface area contributed by atoms with E-state index in [0.29, 0.717) is 5.56 Å². The van der Waals surface area contributed by atoms with Crippen molar-refractivity contribution >= 4 is 11.6 Å². The molecule has 0 aromatic heterocycles. The summed E-state index contributed by atoms with van der Waals surface area (Å²) in [4.78, 5) is 19.2. The second-order valence-corrected chi connectivity index (χ2v) is 11.3. The maximum absolute atomic E-state index is 12.3. The molecule has 2 heterocycles. The van der Waals surface area contributed by atoms with Crippen LogP contribution in [0, 0.1) is 0 Å². The molecule has 0 aliphatic carbocycles. The van der Waals surface area contributed by atoms with Crippen molar-refractivity contribution in [3.05, 3.63) is 82.4 Å². The van der Waals surface area contributed by atoms with Gasteiger partial charge >= 0.3 is 0 Å². The summed E-state index contributed by atoms with van der Waals surface area (Å²) in [5.74, 6) is 1.64. The van der Waals surface area contributed by atoms with E-state index in [2.05, 4.69) is 58.0 Å². The van der Waals surface area contributed by atoms with Crippen molar-refractivity contribution in [1.29, 1.82) is 0 Å². The zero-order valence-corrected chi connectivity index (χ0v) is 22.2. The Morgan fingerprint density at radius 3 is 2.31 bits per heavy atom. The molecule has 0 unspecified atom stereocenters. The van der Waals surface area contributed by atoms with Gasteiger partial charge in [-0.1, -0.05) is 30.3 Å². The summed E-state index contributed by atoms with van der Waals surface area (Å²) in [6.07, 6.45) is 1.65. The third-order valence-electron chi connectivity index (χ3n) is 6.91. The van der Waals surface area contributed by atoms with Gasteiger partial charge in [0.2, 0.25) is 0 Å². The van der Waals surface area contributed by atoms with Gasteiger partial charge in [0.05, 0.1) is 18.4 Å². The van der Waals surface area contributed by atoms with Gasteiger partial charge in [-0.15, -0.1) is 0 Å². The van der Waals surface area contributed by atoms with E-state index in [4.69, 9.17) is 14.5 Å². The molecule has 0 radical (unpaired) electrons. The Morgan fingerprint density at radius 2 is 1.64 bits per heavy atom. The number of hydrogen-bond acceptors (Lipinski definition) is 4. The highest BCUT2D eigenvalue weighted by molar-refractivity contribution is 6.16. The maximum atomic E-state index is 12.3. The summed E-state index contributed by atoms with van der Waals surface area (Å²) in [5, 5.41) is 0. The first kappa shape index (κ1) is 24.1. The van der Waals surface area contributed by atoms with Crippen LogP contribution in [0.2, 0.25) is 0 Å². The SMILES string of the molecule is COc1cc2c(c3c1OC(C)(C)C3)C(c1cccc(-c3ccc(C(=O)N(C)C)cc3)c1)=NC(C)(C)C2. The highest BCUT2D eigenvalue weighted by Crippen LogP contribution is 2.48. The molecule has 36 heavy (non-hydrogen) atoms. The van der Waals surface area contributed by atoms with Crippen LogP contribution in [0.3, 0.4) is 0 Å². The molecule has 0 atom stereocenters. The van der Waals surface area contributed by atoms with Crippen LogP contribution in [0.4, 0.5) is 0 Å². The topological polar surface area (TPSA) is 51.1 Å². The molecule has 0 saturated heterocycles. The number of rotatable bonds is 4. The van der Waals surface area contributed by atoms with Crippen LogP contribution in [0.15, 0.2) is 59.6 Å². The summed E-state index contributed by atoms with van der Waals surface area (Å²) in [7, 11) is 5.24. The number of aliphatic imine (C=N–C) groups is 1. The highest BCUT2D eigenvalue weighted by Gasteiger charge is 2.39. The Balaban J connectivity index is 1.61. The first-order valence-corrected chi connectivity index (χ1v) is 12.4. The third-order valence-corrected chi connectivity index (χ3v) is 6.91. The van der Waals surface area contributed by atoms with Gasteiger partial charge in [0.25, 0.3) is 5.91 Å². The first-order chi connectivity index (χ1) is 17.0. The lowest BCUT2D eigenvalue weighted by Crippen LogP contribution is -2.30. The van der Waals surface area contributed by atoms with Crippen LogP contribution < -0.4 is 9.47 Å². The Bertz CT molecular complexity index is 1380. The number of benzene rings is 3. The standard InChI is InChI=1S/C31H34N2O3/c1-30(2)17-23-16-25(35-7)28-24(18-31(3,4)36-28)26(23)27(32-30)22-10-8-9-21(15-22)19-11-13-20(14-12-19)29(34)33(5)6/h8-16H,17-18H2,1-7H3. The van der Waals surface area contributed by atoms with Gasteiger partial charge in [-0.25, -0.2) is 0 Å². The predicted octanol–water partition coefficient (Wildman–Crippen LogP) is 5.95. The quantitative estimate of drug-likeness (QED) is 0.462. The lowest BCUT2D eigenvalue weighted by Gasteiger charge is -2.31. The maximum Gasteiger partial charge on any atom is 0.253 e. The molecule has 0 saturated carbocycles. The van der Waals surface area contributed by atoms with Gasteiger partial charge in [0.1, 0.15) is 5.60 Å². The second-order valence-electron chi connectivity index (χ2n) is 11.3. The first-order valence-electron chi connectivity index (χ1n) is 12.4. The van der Waals surface area contributed by atoms with Crippen molar-refractivity contribution in [1.82, 2.24) is 4.90 Å². The minimum atomic E-state index is -0.295. The average Bonchev–Trinajstić information content (AvgIpc) is 3.16. The zero-order valence-electron chi connectivity index (χ0n) is 22.2. The van der Waals surface area contributed by atoms with Crippen LogP contribution in [0.5, 0.6) is 11.5 Å². The molecular weight excluding hydrogens is 448 g/mol. The van der Waals surface area contributed by atoms with Crippen LogP contribution in [-0.2, 0) is 12.8 Å². The van der Waals surface area contributed by atoms with Gasteiger partial charge in [-0.3, -0.25) is 9.79 Å². The van der Waals surface area contributed by atoms with E-state index in [1.165, 1.54) is 16.7 Å². The molecule has 3 aromatic carbocycles. The molecular formula is C31H34N2O3. The summed E-state index contributed by atoms with van der Waals surface area (Å²) in [5.41, 5.74) is 7.99. The van der Waals surface area contributed by atoms with Crippen molar-refractivity contribution in [3.63, 3.8) is 0 Å². The van der Waals surface area contributed by atoms with Crippen molar-refractivity contribution in [2.75, 3.05) is 21.2 Å². The second kappa shape index (κ2) is 8.51. The summed E-state index contributed by atoms with van der Waals surface area (Å²) in [6, 6.07) is 18.4. The van der Waals surface area contributed by atoms with Gasteiger partial charge in [0.15, 0.2) is 11.5 Å². The van der Waals surface area contributed by atoms with Crippen LogP contribution in [0.1, 0.15) is 60.3 Å². The fourth-order valence-electron chi connectivity index (χ4n) is 5.34. The van der Waals surface area contributed by atoms with Gasteiger partial charge in [-0.05, 0) is 75.1 Å². The minimum Gasteiger partial charge on any atom is -0.493 e. The Morgan fingerprint density at radius 1 is 0.944 bits per heavy atom. The number of ether oxygens (including phenoxy) is 2. The highest BCUT2D eigenvalue weighted by atomic mass is 16.5. The molecule has 5 heteroatoms. The largest absolute Gasteiger partial charge is 0.493 e. The van der Waals surface area contributed by atoms with E-state index in [1.807, 2.05) is 24.3 Å². The lowest BCUT2D eigenvalue weighted by atomic mass is 9.80. The van der Waals surface area contributed by atoms with Crippen molar-refractivity contribution in [2.45, 2.75) is 51.7 Å². The summed E-state index contributed by atoms with van der Waals surface area (Å²) >= 11 is 0. The van der Waals surface area contributed by atoms with E-state index in [0.717, 1.165) is 46.7 Å². The Labute approximate surface area is 213 Å². The number of hydrogen-bond donors (Lipinski definition) is 0. The number of methoxy groups -OCH3 is 1. The molecule has 0 bridgehead atoms.